The number of aromatic amines is 1. The number of likely N-dealkylation sites (tertiary alicyclic amines) is 1. The normalized spacial score (nSPS) is 18.6. The Balaban J connectivity index is 1.71. The third kappa shape index (κ3) is 3.34. The van der Waals surface area contributed by atoms with Gasteiger partial charge in [-0.2, -0.15) is 4.98 Å². The van der Waals surface area contributed by atoms with Gasteiger partial charge in [-0.3, -0.25) is 4.79 Å². The van der Waals surface area contributed by atoms with Crippen molar-refractivity contribution in [2.45, 2.75) is 58.3 Å². The Morgan fingerprint density at radius 1 is 1.33 bits per heavy atom. The molecular weight excluding hydrogens is 306 g/mol. The van der Waals surface area contributed by atoms with Crippen LogP contribution in [0, 0.1) is 0 Å². The highest BCUT2D eigenvalue weighted by Crippen LogP contribution is 2.27. The molecule has 1 saturated heterocycles. The van der Waals surface area contributed by atoms with Gasteiger partial charge in [-0.15, -0.1) is 0 Å². The largest absolute Gasteiger partial charge is 0.339 e. The van der Waals surface area contributed by atoms with Gasteiger partial charge in [-0.1, -0.05) is 32.9 Å². The van der Waals surface area contributed by atoms with E-state index >= 15 is 0 Å². The third-order valence-corrected chi connectivity index (χ3v) is 4.40. The van der Waals surface area contributed by atoms with Crippen molar-refractivity contribution in [3.8, 4) is 0 Å². The molecule has 0 bridgehead atoms. The average molecular weight is 331 g/mol. The van der Waals surface area contributed by atoms with Gasteiger partial charge in [0, 0.05) is 30.8 Å². The Morgan fingerprint density at radius 3 is 2.75 bits per heavy atom. The van der Waals surface area contributed by atoms with Crippen LogP contribution < -0.4 is 0 Å². The van der Waals surface area contributed by atoms with E-state index in [4.69, 9.17) is 4.52 Å². The number of amides is 1. The van der Waals surface area contributed by atoms with Crippen LogP contribution in [0.5, 0.6) is 0 Å². The Morgan fingerprint density at radius 2 is 2.12 bits per heavy atom. The first-order valence-corrected chi connectivity index (χ1v) is 8.63. The molecule has 0 aromatic carbocycles. The molecule has 0 spiro atoms. The molecule has 1 fully saturated rings. The van der Waals surface area contributed by atoms with E-state index in [0.29, 0.717) is 24.0 Å². The summed E-state index contributed by atoms with van der Waals surface area (Å²) in [5, 5.41) is 4.11. The van der Waals surface area contributed by atoms with Crippen molar-refractivity contribution in [2.75, 3.05) is 13.1 Å². The molecule has 7 nitrogen and oxygen atoms in total. The molecule has 1 aliphatic rings. The maximum Gasteiger partial charge on any atom is 0.271 e. The number of aromatic nitrogens is 4. The van der Waals surface area contributed by atoms with Gasteiger partial charge in [0.15, 0.2) is 5.82 Å². The molecule has 1 N–H and O–H groups in total. The number of H-pyrrole nitrogens is 1. The molecule has 0 aliphatic carbocycles. The predicted octanol–water partition coefficient (Wildman–Crippen LogP) is 3.06. The molecule has 2 aromatic heterocycles. The van der Waals surface area contributed by atoms with E-state index in [2.05, 4.69) is 20.1 Å². The number of carbonyl (C=O) groups excluding carboxylic acids is 1. The summed E-state index contributed by atoms with van der Waals surface area (Å²) in [5.74, 6) is 2.82. The summed E-state index contributed by atoms with van der Waals surface area (Å²) >= 11 is 0. The fourth-order valence-corrected chi connectivity index (χ4v) is 2.93. The van der Waals surface area contributed by atoms with E-state index in [1.807, 2.05) is 32.6 Å². The van der Waals surface area contributed by atoms with E-state index in [9.17, 15) is 4.79 Å². The lowest BCUT2D eigenvalue weighted by atomic mass is 9.97. The van der Waals surface area contributed by atoms with E-state index in [1.54, 1.807) is 6.20 Å². The Labute approximate surface area is 141 Å². The lowest BCUT2D eigenvalue weighted by Crippen LogP contribution is -2.39. The number of carbonyl (C=O) groups is 1. The number of nitrogens with one attached hydrogen (secondary N) is 1. The van der Waals surface area contributed by atoms with Gasteiger partial charge in [-0.05, 0) is 12.8 Å². The highest BCUT2D eigenvalue weighted by molar-refractivity contribution is 5.92. The molecule has 3 rings (SSSR count). The highest BCUT2D eigenvalue weighted by atomic mass is 16.5. The molecule has 1 amide bonds. The zero-order valence-corrected chi connectivity index (χ0v) is 14.7. The van der Waals surface area contributed by atoms with Crippen LogP contribution in [-0.4, -0.2) is 44.0 Å². The summed E-state index contributed by atoms with van der Waals surface area (Å²) in [4.78, 5) is 26.5. The van der Waals surface area contributed by atoms with Gasteiger partial charge >= 0.3 is 0 Å². The van der Waals surface area contributed by atoms with Gasteiger partial charge < -0.3 is 14.4 Å². The quantitative estimate of drug-likeness (QED) is 0.930. The maximum atomic E-state index is 12.7. The first-order valence-electron chi connectivity index (χ1n) is 8.63. The van der Waals surface area contributed by atoms with Crippen LogP contribution in [0.2, 0.25) is 0 Å². The van der Waals surface area contributed by atoms with Crippen molar-refractivity contribution >= 4 is 5.91 Å². The van der Waals surface area contributed by atoms with E-state index in [-0.39, 0.29) is 23.7 Å². The molecule has 130 valence electrons. The topological polar surface area (TPSA) is 87.9 Å². The summed E-state index contributed by atoms with van der Waals surface area (Å²) in [6.07, 6.45) is 3.54. The van der Waals surface area contributed by atoms with Crippen LogP contribution in [0.25, 0.3) is 0 Å². The van der Waals surface area contributed by atoms with Crippen molar-refractivity contribution in [1.82, 2.24) is 25.0 Å². The third-order valence-electron chi connectivity index (χ3n) is 4.40. The minimum absolute atomic E-state index is 0.00771. The smallest absolute Gasteiger partial charge is 0.271 e. The molecule has 1 atom stereocenters. The molecule has 2 aromatic rings. The second-order valence-corrected chi connectivity index (χ2v) is 7.07. The van der Waals surface area contributed by atoms with Crippen LogP contribution in [0.3, 0.4) is 0 Å². The summed E-state index contributed by atoms with van der Waals surface area (Å²) in [6, 6.07) is 0. The maximum absolute atomic E-state index is 12.7. The number of nitrogens with zero attached hydrogens (tertiary/aromatic N) is 4. The molecule has 7 heteroatoms. The molecule has 24 heavy (non-hydrogen) atoms. The predicted molar refractivity (Wildman–Crippen MR) is 88.9 cm³/mol. The van der Waals surface area contributed by atoms with Crippen LogP contribution in [-0.2, 0) is 0 Å². The molecule has 0 unspecified atom stereocenters. The summed E-state index contributed by atoms with van der Waals surface area (Å²) in [7, 11) is 0. The summed E-state index contributed by atoms with van der Waals surface area (Å²) in [6.45, 7) is 9.52. The molecule has 0 saturated carbocycles. The van der Waals surface area contributed by atoms with Gasteiger partial charge in [0.05, 0.1) is 6.20 Å². The number of imidazole rings is 1. The van der Waals surface area contributed by atoms with Gasteiger partial charge in [-0.25, -0.2) is 4.98 Å². The van der Waals surface area contributed by atoms with Gasteiger partial charge in [0.25, 0.3) is 5.91 Å². The zero-order chi connectivity index (χ0) is 17.3. The van der Waals surface area contributed by atoms with E-state index in [0.717, 1.165) is 25.2 Å². The van der Waals surface area contributed by atoms with Crippen LogP contribution >= 0.6 is 0 Å². The number of hydrogen-bond donors (Lipinski definition) is 1. The van der Waals surface area contributed by atoms with Gasteiger partial charge in [0.2, 0.25) is 5.89 Å². The average Bonchev–Trinajstić information content (AvgIpc) is 3.24. The van der Waals surface area contributed by atoms with Crippen molar-refractivity contribution in [2.24, 2.45) is 0 Å². The number of rotatable bonds is 4. The SMILES string of the molecule is CC(C)c1ncc(C(=O)N2CCC[C@H](c3noc(C(C)C)n3)C2)[nH]1. The lowest BCUT2D eigenvalue weighted by molar-refractivity contribution is 0.0698. The Kier molecular flexibility index (Phi) is 4.69. The highest BCUT2D eigenvalue weighted by Gasteiger charge is 2.29. The Bertz CT molecular complexity index is 703. The van der Waals surface area contributed by atoms with E-state index < -0.39 is 0 Å². The van der Waals surface area contributed by atoms with Crippen LogP contribution in [0.15, 0.2) is 10.7 Å². The molecular formula is C17H25N5O2. The van der Waals surface area contributed by atoms with Crippen molar-refractivity contribution < 1.29 is 9.32 Å². The van der Waals surface area contributed by atoms with Crippen LogP contribution in [0.1, 0.15) is 86.3 Å². The number of piperidine rings is 1. The zero-order valence-electron chi connectivity index (χ0n) is 14.7. The standard InChI is InChI=1S/C17H25N5O2/c1-10(2)14-18-8-13(19-14)17(23)22-7-5-6-12(9-22)15-20-16(11(3)4)24-21-15/h8,10-12H,5-7,9H2,1-4H3,(H,18,19)/t12-/m0/s1. The number of hydrogen-bond acceptors (Lipinski definition) is 5. The summed E-state index contributed by atoms with van der Waals surface area (Å²) < 4.78 is 5.31. The second kappa shape index (κ2) is 6.75. The van der Waals surface area contributed by atoms with Crippen molar-refractivity contribution in [3.05, 3.63) is 29.4 Å². The second-order valence-electron chi connectivity index (χ2n) is 7.07. The van der Waals surface area contributed by atoms with Crippen LogP contribution in [0.4, 0.5) is 0 Å². The summed E-state index contributed by atoms with van der Waals surface area (Å²) in [5.41, 5.74) is 0.551. The first kappa shape index (κ1) is 16.7. The van der Waals surface area contributed by atoms with Crippen molar-refractivity contribution in [1.29, 1.82) is 0 Å². The lowest BCUT2D eigenvalue weighted by Gasteiger charge is -2.30. The first-order chi connectivity index (χ1) is 11.5. The van der Waals surface area contributed by atoms with Crippen molar-refractivity contribution in [3.63, 3.8) is 0 Å². The molecule has 1 aliphatic heterocycles. The molecule has 0 radical (unpaired) electrons. The minimum atomic E-state index is -0.00771. The minimum Gasteiger partial charge on any atom is -0.339 e. The van der Waals surface area contributed by atoms with E-state index in [1.165, 1.54) is 0 Å². The molecule has 3 heterocycles. The Hall–Kier alpha value is -2.18. The fourth-order valence-electron chi connectivity index (χ4n) is 2.93. The fraction of sp³-hybridized carbons (Fsp3) is 0.647. The van der Waals surface area contributed by atoms with Gasteiger partial charge in [0.1, 0.15) is 11.5 Å². The monoisotopic (exact) mass is 331 g/mol.